The highest BCUT2D eigenvalue weighted by molar-refractivity contribution is 6.31. The molecule has 0 unspecified atom stereocenters. The lowest BCUT2D eigenvalue weighted by atomic mass is 10.0. The molecule has 24 heavy (non-hydrogen) atoms. The lowest BCUT2D eigenvalue weighted by Crippen LogP contribution is -2.17. The van der Waals surface area contributed by atoms with Gasteiger partial charge in [-0.1, -0.05) is 17.7 Å². The third-order valence-electron chi connectivity index (χ3n) is 3.15. The Labute approximate surface area is 143 Å². The zero-order valence-corrected chi connectivity index (χ0v) is 13.3. The summed E-state index contributed by atoms with van der Waals surface area (Å²) in [6.07, 6.45) is -0.529. The van der Waals surface area contributed by atoms with Gasteiger partial charge in [0.15, 0.2) is 0 Å². The smallest absolute Gasteiger partial charge is 0.404 e. The maximum Gasteiger partial charge on any atom is 0.404 e. The van der Waals surface area contributed by atoms with Crippen LogP contribution in [0, 0.1) is 17.1 Å². The molecule has 5 nitrogen and oxygen atoms in total. The van der Waals surface area contributed by atoms with Crippen LogP contribution in [0.1, 0.15) is 16.7 Å². The fraction of sp³-hybridized carbons (Fsp3) is 0.176. The minimum Gasteiger partial charge on any atom is -0.490 e. The van der Waals surface area contributed by atoms with E-state index in [0.717, 1.165) is 5.56 Å². The third-order valence-corrected chi connectivity index (χ3v) is 3.48. The number of nitrogens with zero attached hydrogens (tertiary/aromatic N) is 1. The van der Waals surface area contributed by atoms with Gasteiger partial charge in [0, 0.05) is 12.0 Å². The number of ether oxygens (including phenoxy) is 2. The third kappa shape index (κ3) is 4.86. The van der Waals surface area contributed by atoms with Crippen LogP contribution in [0.2, 0.25) is 5.02 Å². The maximum atomic E-state index is 13.5. The number of carbonyl (C=O) groups excluding carboxylic acids is 1. The quantitative estimate of drug-likeness (QED) is 0.810. The van der Waals surface area contributed by atoms with E-state index in [1.54, 1.807) is 18.2 Å². The van der Waals surface area contributed by atoms with E-state index < -0.39 is 11.9 Å². The second-order valence-electron chi connectivity index (χ2n) is 4.87. The molecule has 0 saturated carbocycles. The van der Waals surface area contributed by atoms with Gasteiger partial charge in [0.2, 0.25) is 0 Å². The SMILES string of the molecule is N#Cc1cc(Cc2cc(F)ccc2OCCOC(N)=O)ccc1Cl. The van der Waals surface area contributed by atoms with E-state index in [1.807, 2.05) is 6.07 Å². The lowest BCUT2D eigenvalue weighted by molar-refractivity contribution is 0.133. The Hall–Kier alpha value is -2.78. The van der Waals surface area contributed by atoms with Crippen molar-refractivity contribution >= 4 is 17.7 Å². The monoisotopic (exact) mass is 348 g/mol. The second kappa shape index (κ2) is 8.18. The first-order valence-electron chi connectivity index (χ1n) is 7.01. The molecule has 2 rings (SSSR count). The molecule has 2 aromatic carbocycles. The van der Waals surface area contributed by atoms with Crippen molar-refractivity contribution in [3.05, 3.63) is 63.9 Å². The topological polar surface area (TPSA) is 85.3 Å². The summed E-state index contributed by atoms with van der Waals surface area (Å²) in [5, 5.41) is 9.39. The van der Waals surface area contributed by atoms with Crippen molar-refractivity contribution in [2.24, 2.45) is 5.73 Å². The molecule has 0 heterocycles. The van der Waals surface area contributed by atoms with Crippen LogP contribution >= 0.6 is 11.6 Å². The summed E-state index contributed by atoms with van der Waals surface area (Å²) in [7, 11) is 0. The maximum absolute atomic E-state index is 13.5. The molecule has 2 N–H and O–H groups in total. The summed E-state index contributed by atoms with van der Waals surface area (Å²) < 4.78 is 23.6. The van der Waals surface area contributed by atoms with Crippen LogP contribution in [0.5, 0.6) is 5.75 Å². The van der Waals surface area contributed by atoms with Crippen LogP contribution in [0.25, 0.3) is 0 Å². The zero-order chi connectivity index (χ0) is 17.5. The van der Waals surface area contributed by atoms with Crippen molar-refractivity contribution < 1.29 is 18.7 Å². The average molecular weight is 349 g/mol. The van der Waals surface area contributed by atoms with Crippen LogP contribution in [0.15, 0.2) is 36.4 Å². The van der Waals surface area contributed by atoms with Crippen LogP contribution in [0.4, 0.5) is 9.18 Å². The van der Waals surface area contributed by atoms with Gasteiger partial charge in [-0.25, -0.2) is 9.18 Å². The Morgan fingerprint density at radius 2 is 2.04 bits per heavy atom. The number of rotatable bonds is 6. The molecular weight excluding hydrogens is 335 g/mol. The average Bonchev–Trinajstić information content (AvgIpc) is 2.54. The van der Waals surface area contributed by atoms with Crippen molar-refractivity contribution in [3.63, 3.8) is 0 Å². The molecule has 0 aliphatic heterocycles. The standard InChI is InChI=1S/C17H14ClFN2O3/c18-15-3-1-11(8-13(15)10-20)7-12-9-14(19)2-4-16(12)23-5-6-24-17(21)22/h1-4,8-9H,5-7H2,(H2,21,22). The molecule has 0 fully saturated rings. The number of primary amides is 1. The van der Waals surface area contributed by atoms with E-state index in [4.69, 9.17) is 27.3 Å². The van der Waals surface area contributed by atoms with Gasteiger partial charge in [-0.2, -0.15) is 5.26 Å². The van der Waals surface area contributed by atoms with E-state index in [9.17, 15) is 9.18 Å². The van der Waals surface area contributed by atoms with Gasteiger partial charge in [0.1, 0.15) is 30.8 Å². The molecule has 0 aliphatic rings. The number of amides is 1. The number of hydrogen-bond acceptors (Lipinski definition) is 4. The van der Waals surface area contributed by atoms with Crippen LogP contribution < -0.4 is 10.5 Å². The Kier molecular flexibility index (Phi) is 5.99. The normalized spacial score (nSPS) is 10.0. The Morgan fingerprint density at radius 3 is 2.75 bits per heavy atom. The molecular formula is C17H14ClFN2O3. The highest BCUT2D eigenvalue weighted by Crippen LogP contribution is 2.25. The summed E-state index contributed by atoms with van der Waals surface area (Å²) in [4.78, 5) is 10.5. The fourth-order valence-electron chi connectivity index (χ4n) is 2.11. The molecule has 124 valence electrons. The van der Waals surface area contributed by atoms with Gasteiger partial charge in [-0.3, -0.25) is 0 Å². The molecule has 0 spiro atoms. The van der Waals surface area contributed by atoms with E-state index >= 15 is 0 Å². The van der Waals surface area contributed by atoms with Crippen LogP contribution in [0.3, 0.4) is 0 Å². The number of benzene rings is 2. The van der Waals surface area contributed by atoms with E-state index in [2.05, 4.69) is 4.74 Å². The van der Waals surface area contributed by atoms with Crippen molar-refractivity contribution in [2.75, 3.05) is 13.2 Å². The van der Waals surface area contributed by atoms with Crippen LogP contribution in [-0.4, -0.2) is 19.3 Å². The molecule has 7 heteroatoms. The van der Waals surface area contributed by atoms with Gasteiger partial charge in [-0.05, 0) is 35.9 Å². The van der Waals surface area contributed by atoms with Gasteiger partial charge in [0.25, 0.3) is 0 Å². The summed E-state index contributed by atoms with van der Waals surface area (Å²) >= 11 is 5.91. The Balaban J connectivity index is 2.15. The van der Waals surface area contributed by atoms with Crippen molar-refractivity contribution in [1.82, 2.24) is 0 Å². The summed E-state index contributed by atoms with van der Waals surface area (Å²) in [6.45, 7) is 0.0807. The first kappa shape index (κ1) is 17.6. The van der Waals surface area contributed by atoms with E-state index in [0.29, 0.717) is 28.3 Å². The van der Waals surface area contributed by atoms with Gasteiger partial charge >= 0.3 is 6.09 Å². The van der Waals surface area contributed by atoms with Crippen molar-refractivity contribution in [1.29, 1.82) is 5.26 Å². The van der Waals surface area contributed by atoms with E-state index in [1.165, 1.54) is 18.2 Å². The van der Waals surface area contributed by atoms with Gasteiger partial charge < -0.3 is 15.2 Å². The Bertz CT molecular complexity index is 790. The predicted octanol–water partition coefficient (Wildman–Crippen LogP) is 3.42. The van der Waals surface area contributed by atoms with Crippen molar-refractivity contribution in [2.45, 2.75) is 6.42 Å². The zero-order valence-electron chi connectivity index (χ0n) is 12.6. The minimum absolute atomic E-state index is 0.00826. The highest BCUT2D eigenvalue weighted by Gasteiger charge is 2.09. The minimum atomic E-state index is -0.886. The van der Waals surface area contributed by atoms with Crippen molar-refractivity contribution in [3.8, 4) is 11.8 Å². The van der Waals surface area contributed by atoms with E-state index in [-0.39, 0.29) is 13.2 Å². The number of nitriles is 1. The molecule has 1 amide bonds. The van der Waals surface area contributed by atoms with Gasteiger partial charge in [0.05, 0.1) is 10.6 Å². The molecule has 0 bridgehead atoms. The molecule has 2 aromatic rings. The first-order chi connectivity index (χ1) is 11.5. The Morgan fingerprint density at radius 1 is 1.25 bits per heavy atom. The summed E-state index contributed by atoms with van der Waals surface area (Å²) in [5.74, 6) is 0.0538. The largest absolute Gasteiger partial charge is 0.490 e. The molecule has 0 radical (unpaired) electrons. The van der Waals surface area contributed by atoms with Crippen LogP contribution in [-0.2, 0) is 11.2 Å². The second-order valence-corrected chi connectivity index (χ2v) is 5.28. The predicted molar refractivity (Wildman–Crippen MR) is 86.4 cm³/mol. The lowest BCUT2D eigenvalue weighted by Gasteiger charge is -2.12. The highest BCUT2D eigenvalue weighted by atomic mass is 35.5. The fourth-order valence-corrected chi connectivity index (χ4v) is 2.27. The summed E-state index contributed by atoms with van der Waals surface area (Å²) in [6, 6.07) is 11.1. The molecule has 0 atom stereocenters. The molecule has 0 aliphatic carbocycles. The molecule has 0 aromatic heterocycles. The number of carbonyl (C=O) groups is 1. The first-order valence-corrected chi connectivity index (χ1v) is 7.39. The van der Waals surface area contributed by atoms with Gasteiger partial charge in [-0.15, -0.1) is 0 Å². The molecule has 0 saturated heterocycles. The summed E-state index contributed by atoms with van der Waals surface area (Å²) in [5.41, 5.74) is 6.60. The number of nitrogens with two attached hydrogens (primary N) is 1. The number of hydrogen-bond donors (Lipinski definition) is 1. The number of halogens is 2.